The highest BCUT2D eigenvalue weighted by atomic mass is 16.5. The Labute approximate surface area is 101 Å². The minimum Gasteiger partial charge on any atom is -0.495 e. The summed E-state index contributed by atoms with van der Waals surface area (Å²) in [4.78, 5) is 6.18. The molecule has 1 saturated heterocycles. The summed E-state index contributed by atoms with van der Waals surface area (Å²) in [5, 5.41) is 10.2. The van der Waals surface area contributed by atoms with Crippen molar-refractivity contribution < 1.29 is 14.6 Å². The molecule has 0 saturated carbocycles. The fourth-order valence-electron chi connectivity index (χ4n) is 1.93. The van der Waals surface area contributed by atoms with Gasteiger partial charge >= 0.3 is 0 Å². The Morgan fingerprint density at radius 1 is 1.59 bits per heavy atom. The summed E-state index contributed by atoms with van der Waals surface area (Å²) >= 11 is 0. The number of morpholine rings is 1. The van der Waals surface area contributed by atoms with Crippen LogP contribution in [0.4, 0.5) is 0 Å². The molecule has 17 heavy (non-hydrogen) atoms. The van der Waals surface area contributed by atoms with Crippen LogP contribution in [0.15, 0.2) is 18.5 Å². The summed E-state index contributed by atoms with van der Waals surface area (Å²) in [6.07, 6.45) is 2.39. The quantitative estimate of drug-likeness (QED) is 0.829. The van der Waals surface area contributed by atoms with Crippen molar-refractivity contribution in [2.75, 3.05) is 33.9 Å². The maximum atomic E-state index is 10.2. The summed E-state index contributed by atoms with van der Waals surface area (Å²) in [6.45, 7) is 2.27. The Morgan fingerprint density at radius 2 is 2.41 bits per heavy atom. The summed E-state index contributed by atoms with van der Waals surface area (Å²) < 4.78 is 10.7. The second kappa shape index (κ2) is 5.44. The van der Waals surface area contributed by atoms with E-state index in [1.807, 2.05) is 7.05 Å². The van der Waals surface area contributed by atoms with Crippen LogP contribution in [0.3, 0.4) is 0 Å². The van der Waals surface area contributed by atoms with Crippen LogP contribution in [0.25, 0.3) is 0 Å². The summed E-state index contributed by atoms with van der Waals surface area (Å²) in [7, 11) is 3.60. The Morgan fingerprint density at radius 3 is 3.12 bits per heavy atom. The highest BCUT2D eigenvalue weighted by Crippen LogP contribution is 2.23. The van der Waals surface area contributed by atoms with Gasteiger partial charge in [-0.25, -0.2) is 0 Å². The van der Waals surface area contributed by atoms with E-state index in [0.29, 0.717) is 12.4 Å². The molecule has 1 fully saturated rings. The minimum absolute atomic E-state index is 0.206. The zero-order valence-corrected chi connectivity index (χ0v) is 10.2. The first kappa shape index (κ1) is 12.3. The molecule has 0 bridgehead atoms. The molecule has 1 aromatic rings. The topological polar surface area (TPSA) is 54.8 Å². The first-order valence-electron chi connectivity index (χ1n) is 5.68. The van der Waals surface area contributed by atoms with Crippen LogP contribution in [-0.4, -0.2) is 54.9 Å². The number of aliphatic hydroxyl groups excluding tert-OH is 1. The van der Waals surface area contributed by atoms with E-state index < -0.39 is 6.10 Å². The molecule has 5 nitrogen and oxygen atoms in total. The standard InChI is InChI=1S/C12H18N2O3/c1-14-3-4-17-11(8-14)12(15)9-5-10(16-2)7-13-6-9/h5-7,11-12,15H,3-4,8H2,1-2H3. The van der Waals surface area contributed by atoms with Gasteiger partial charge in [0.05, 0.1) is 19.9 Å². The van der Waals surface area contributed by atoms with Crippen LogP contribution in [-0.2, 0) is 4.74 Å². The van der Waals surface area contributed by atoms with Crippen molar-refractivity contribution in [3.8, 4) is 5.75 Å². The van der Waals surface area contributed by atoms with Gasteiger partial charge in [-0.05, 0) is 13.1 Å². The summed E-state index contributed by atoms with van der Waals surface area (Å²) in [5.41, 5.74) is 0.727. The lowest BCUT2D eigenvalue weighted by molar-refractivity contribution is -0.0845. The van der Waals surface area contributed by atoms with Crippen molar-refractivity contribution in [1.29, 1.82) is 0 Å². The Balaban J connectivity index is 2.09. The molecule has 0 aliphatic carbocycles. The van der Waals surface area contributed by atoms with Gasteiger partial charge in [0.25, 0.3) is 0 Å². The summed E-state index contributed by atoms with van der Waals surface area (Å²) in [5.74, 6) is 0.644. The highest BCUT2D eigenvalue weighted by molar-refractivity contribution is 5.25. The van der Waals surface area contributed by atoms with Gasteiger partial charge in [-0.2, -0.15) is 0 Å². The fraction of sp³-hybridized carbons (Fsp3) is 0.583. The molecule has 2 atom stereocenters. The first-order valence-corrected chi connectivity index (χ1v) is 5.68. The van der Waals surface area contributed by atoms with Crippen molar-refractivity contribution in [1.82, 2.24) is 9.88 Å². The molecular weight excluding hydrogens is 220 g/mol. The van der Waals surface area contributed by atoms with Gasteiger partial charge in [0.15, 0.2) is 0 Å². The normalized spacial score (nSPS) is 23.4. The number of aromatic nitrogens is 1. The van der Waals surface area contributed by atoms with Gasteiger partial charge in [0.1, 0.15) is 18.0 Å². The SMILES string of the molecule is COc1cncc(C(O)C2CN(C)CCO2)c1. The molecule has 0 radical (unpaired) electrons. The molecule has 2 unspecified atom stereocenters. The largest absolute Gasteiger partial charge is 0.495 e. The maximum absolute atomic E-state index is 10.2. The lowest BCUT2D eigenvalue weighted by Crippen LogP contribution is -2.43. The molecule has 5 heteroatoms. The zero-order valence-electron chi connectivity index (χ0n) is 10.2. The third-order valence-corrected chi connectivity index (χ3v) is 2.96. The fourth-order valence-corrected chi connectivity index (χ4v) is 1.93. The Kier molecular flexibility index (Phi) is 3.93. The predicted octanol–water partition coefficient (Wildman–Crippen LogP) is 0.454. The average Bonchev–Trinajstić information content (AvgIpc) is 2.38. The van der Waals surface area contributed by atoms with Gasteiger partial charge in [0, 0.05) is 24.8 Å². The number of pyridine rings is 1. The second-order valence-corrected chi connectivity index (χ2v) is 4.27. The molecule has 1 N–H and O–H groups in total. The van der Waals surface area contributed by atoms with E-state index in [4.69, 9.17) is 9.47 Å². The number of likely N-dealkylation sites (N-methyl/N-ethyl adjacent to an activating group) is 1. The molecular formula is C12H18N2O3. The third kappa shape index (κ3) is 2.94. The molecule has 1 aromatic heterocycles. The maximum Gasteiger partial charge on any atom is 0.137 e. The molecule has 0 spiro atoms. The lowest BCUT2D eigenvalue weighted by Gasteiger charge is -2.32. The number of hydrogen-bond acceptors (Lipinski definition) is 5. The van der Waals surface area contributed by atoms with Gasteiger partial charge in [-0.3, -0.25) is 4.98 Å². The van der Waals surface area contributed by atoms with Crippen LogP contribution < -0.4 is 4.74 Å². The number of hydrogen-bond donors (Lipinski definition) is 1. The number of ether oxygens (including phenoxy) is 2. The van der Waals surface area contributed by atoms with Crippen LogP contribution in [0.5, 0.6) is 5.75 Å². The van der Waals surface area contributed by atoms with Crippen molar-refractivity contribution in [3.63, 3.8) is 0 Å². The smallest absolute Gasteiger partial charge is 0.137 e. The van der Waals surface area contributed by atoms with E-state index in [2.05, 4.69) is 9.88 Å². The number of nitrogens with zero attached hydrogens (tertiary/aromatic N) is 2. The van der Waals surface area contributed by atoms with Crippen molar-refractivity contribution in [2.45, 2.75) is 12.2 Å². The molecule has 1 aliphatic rings. The first-order chi connectivity index (χ1) is 8.20. The van der Waals surface area contributed by atoms with Gasteiger partial charge in [0.2, 0.25) is 0 Å². The second-order valence-electron chi connectivity index (χ2n) is 4.27. The Hall–Kier alpha value is -1.17. The monoisotopic (exact) mass is 238 g/mol. The number of methoxy groups -OCH3 is 1. The van der Waals surface area contributed by atoms with E-state index in [1.165, 1.54) is 0 Å². The van der Waals surface area contributed by atoms with Gasteiger partial charge in [-0.15, -0.1) is 0 Å². The average molecular weight is 238 g/mol. The zero-order chi connectivity index (χ0) is 12.3. The van der Waals surface area contributed by atoms with Crippen LogP contribution >= 0.6 is 0 Å². The van der Waals surface area contributed by atoms with Crippen molar-refractivity contribution in [3.05, 3.63) is 24.0 Å². The molecule has 0 aromatic carbocycles. The molecule has 2 heterocycles. The number of aliphatic hydroxyl groups is 1. The van der Waals surface area contributed by atoms with Crippen molar-refractivity contribution in [2.24, 2.45) is 0 Å². The van der Waals surface area contributed by atoms with Crippen molar-refractivity contribution >= 4 is 0 Å². The Bertz CT molecular complexity index is 373. The van der Waals surface area contributed by atoms with Crippen LogP contribution in [0, 0.1) is 0 Å². The highest BCUT2D eigenvalue weighted by Gasteiger charge is 2.26. The van der Waals surface area contributed by atoms with Gasteiger partial charge < -0.3 is 19.5 Å². The number of rotatable bonds is 3. The molecule has 0 amide bonds. The lowest BCUT2D eigenvalue weighted by atomic mass is 10.0. The van der Waals surface area contributed by atoms with Gasteiger partial charge in [-0.1, -0.05) is 0 Å². The molecule has 94 valence electrons. The van der Waals surface area contributed by atoms with Crippen LogP contribution in [0.2, 0.25) is 0 Å². The summed E-state index contributed by atoms with van der Waals surface area (Å²) in [6, 6.07) is 1.79. The van der Waals surface area contributed by atoms with E-state index in [1.54, 1.807) is 25.6 Å². The van der Waals surface area contributed by atoms with E-state index in [9.17, 15) is 5.11 Å². The van der Waals surface area contributed by atoms with E-state index in [0.717, 1.165) is 18.7 Å². The van der Waals surface area contributed by atoms with Crippen LogP contribution in [0.1, 0.15) is 11.7 Å². The van der Waals surface area contributed by atoms with E-state index >= 15 is 0 Å². The van der Waals surface area contributed by atoms with E-state index in [-0.39, 0.29) is 6.10 Å². The predicted molar refractivity (Wildman–Crippen MR) is 63.0 cm³/mol. The third-order valence-electron chi connectivity index (χ3n) is 2.96. The molecule has 1 aliphatic heterocycles. The minimum atomic E-state index is -0.666. The molecule has 2 rings (SSSR count).